The zero-order valence-electron chi connectivity index (χ0n) is 13.9. The lowest BCUT2D eigenvalue weighted by atomic mass is 9.63. The fraction of sp³-hybridized carbons (Fsp3) is 0.316. The molecule has 1 atom stereocenters. The minimum atomic E-state index is -0.486. The molecule has 1 aliphatic carbocycles. The van der Waals surface area contributed by atoms with Gasteiger partial charge in [-0.1, -0.05) is 36.2 Å². The van der Waals surface area contributed by atoms with E-state index in [-0.39, 0.29) is 11.9 Å². The molecule has 1 N–H and O–H groups in total. The van der Waals surface area contributed by atoms with Gasteiger partial charge in [-0.3, -0.25) is 9.20 Å². The molecule has 0 spiro atoms. The average molecular weight is 355 g/mol. The number of carbonyl (C=O) groups is 1. The van der Waals surface area contributed by atoms with Crippen molar-refractivity contribution >= 4 is 23.2 Å². The maximum absolute atomic E-state index is 13.1. The van der Waals surface area contributed by atoms with Crippen LogP contribution in [-0.2, 0) is 10.2 Å². The van der Waals surface area contributed by atoms with Gasteiger partial charge in [0.15, 0.2) is 11.5 Å². The van der Waals surface area contributed by atoms with E-state index >= 15 is 0 Å². The summed E-state index contributed by atoms with van der Waals surface area (Å²) in [6.07, 6.45) is 4.63. The number of halogens is 1. The van der Waals surface area contributed by atoms with Gasteiger partial charge in [0, 0.05) is 11.2 Å². The number of fused-ring (bicyclic) bond motifs is 1. The summed E-state index contributed by atoms with van der Waals surface area (Å²) in [5, 5.41) is 12.2. The summed E-state index contributed by atoms with van der Waals surface area (Å²) in [5.74, 6) is 0.755. The van der Waals surface area contributed by atoms with Crippen molar-refractivity contribution < 1.29 is 4.79 Å². The number of amides is 1. The number of benzene rings is 1. The Hall–Kier alpha value is -2.40. The summed E-state index contributed by atoms with van der Waals surface area (Å²) < 4.78 is 1.90. The van der Waals surface area contributed by atoms with Crippen LogP contribution < -0.4 is 5.32 Å². The predicted molar refractivity (Wildman–Crippen MR) is 96.5 cm³/mol. The number of aromatic nitrogens is 3. The Kier molecular flexibility index (Phi) is 3.96. The van der Waals surface area contributed by atoms with Crippen LogP contribution in [0.3, 0.4) is 0 Å². The second-order valence-electron chi connectivity index (χ2n) is 6.63. The van der Waals surface area contributed by atoms with E-state index in [0.29, 0.717) is 5.02 Å². The summed E-state index contributed by atoms with van der Waals surface area (Å²) in [7, 11) is 0. The molecule has 0 saturated heterocycles. The molecule has 2 heterocycles. The third-order valence-corrected chi connectivity index (χ3v) is 5.33. The van der Waals surface area contributed by atoms with Crippen molar-refractivity contribution in [3.63, 3.8) is 0 Å². The van der Waals surface area contributed by atoms with E-state index in [9.17, 15) is 4.79 Å². The summed E-state index contributed by atoms with van der Waals surface area (Å²) in [6, 6.07) is 13.1. The van der Waals surface area contributed by atoms with Gasteiger partial charge >= 0.3 is 0 Å². The highest BCUT2D eigenvalue weighted by atomic mass is 35.5. The lowest BCUT2D eigenvalue weighted by Crippen LogP contribution is -2.50. The number of pyridine rings is 1. The Balaban J connectivity index is 1.60. The first-order valence-electron chi connectivity index (χ1n) is 8.47. The Morgan fingerprint density at radius 2 is 2.08 bits per heavy atom. The van der Waals surface area contributed by atoms with Crippen molar-refractivity contribution in [3.8, 4) is 0 Å². The Labute approximate surface area is 151 Å². The second-order valence-corrected chi connectivity index (χ2v) is 7.06. The van der Waals surface area contributed by atoms with Crippen LogP contribution in [0.2, 0.25) is 5.02 Å². The fourth-order valence-corrected chi connectivity index (χ4v) is 3.71. The Morgan fingerprint density at radius 1 is 1.24 bits per heavy atom. The summed E-state index contributed by atoms with van der Waals surface area (Å²) >= 11 is 6.14. The lowest BCUT2D eigenvalue weighted by molar-refractivity contribution is -0.130. The summed E-state index contributed by atoms with van der Waals surface area (Å²) in [5.41, 5.74) is 1.27. The number of nitrogens with zero attached hydrogens (tertiary/aromatic N) is 3. The normalized spacial score (nSPS) is 17.0. The van der Waals surface area contributed by atoms with Crippen LogP contribution in [-0.4, -0.2) is 20.5 Å². The highest BCUT2D eigenvalue weighted by Crippen LogP contribution is 2.44. The van der Waals surface area contributed by atoms with Gasteiger partial charge < -0.3 is 5.32 Å². The van der Waals surface area contributed by atoms with Crippen LogP contribution in [0, 0.1) is 0 Å². The SMILES string of the molecule is CC(NC(=O)C1(c2cccc(Cl)c2)CCC1)c1nnc2ccccn12. The molecular formula is C19H19ClN4O. The van der Waals surface area contributed by atoms with Crippen molar-refractivity contribution in [3.05, 3.63) is 65.1 Å². The molecule has 25 heavy (non-hydrogen) atoms. The second kappa shape index (κ2) is 6.15. The molecule has 1 unspecified atom stereocenters. The maximum atomic E-state index is 13.1. The highest BCUT2D eigenvalue weighted by Gasteiger charge is 2.46. The largest absolute Gasteiger partial charge is 0.346 e. The molecule has 3 aromatic rings. The van der Waals surface area contributed by atoms with Crippen LogP contribution in [0.15, 0.2) is 48.7 Å². The van der Waals surface area contributed by atoms with Crippen molar-refractivity contribution in [1.29, 1.82) is 0 Å². The molecule has 0 bridgehead atoms. The van der Waals surface area contributed by atoms with Crippen LogP contribution in [0.1, 0.15) is 43.6 Å². The number of nitrogens with one attached hydrogen (secondary N) is 1. The van der Waals surface area contributed by atoms with Crippen LogP contribution in [0.5, 0.6) is 0 Å². The molecule has 5 nitrogen and oxygen atoms in total. The zero-order chi connectivity index (χ0) is 17.4. The first kappa shape index (κ1) is 16.1. The first-order valence-corrected chi connectivity index (χ1v) is 8.85. The van der Waals surface area contributed by atoms with Crippen LogP contribution >= 0.6 is 11.6 Å². The quantitative estimate of drug-likeness (QED) is 0.777. The number of rotatable bonds is 4. The topological polar surface area (TPSA) is 59.3 Å². The summed E-state index contributed by atoms with van der Waals surface area (Å²) in [6.45, 7) is 1.94. The number of hydrogen-bond acceptors (Lipinski definition) is 3. The van der Waals surface area contributed by atoms with Crippen molar-refractivity contribution in [1.82, 2.24) is 19.9 Å². The molecule has 128 valence electrons. The van der Waals surface area contributed by atoms with E-state index in [4.69, 9.17) is 11.6 Å². The van der Waals surface area contributed by atoms with Crippen LogP contribution in [0.25, 0.3) is 5.65 Å². The minimum absolute atomic E-state index is 0.0289. The number of carbonyl (C=O) groups excluding carboxylic acids is 1. The third-order valence-electron chi connectivity index (χ3n) is 5.09. The van der Waals surface area contributed by atoms with Crippen molar-refractivity contribution in [2.75, 3.05) is 0 Å². The molecule has 1 fully saturated rings. The average Bonchev–Trinajstić information content (AvgIpc) is 2.98. The van der Waals surface area contributed by atoms with E-state index < -0.39 is 5.41 Å². The van der Waals surface area contributed by atoms with Gasteiger partial charge in [0.25, 0.3) is 0 Å². The maximum Gasteiger partial charge on any atom is 0.231 e. The van der Waals surface area contributed by atoms with Gasteiger partial charge in [-0.15, -0.1) is 10.2 Å². The molecule has 2 aromatic heterocycles. The van der Waals surface area contributed by atoms with Crippen LogP contribution in [0.4, 0.5) is 0 Å². The van der Waals surface area contributed by atoms with Crippen molar-refractivity contribution in [2.45, 2.75) is 37.6 Å². The molecular weight excluding hydrogens is 336 g/mol. The zero-order valence-corrected chi connectivity index (χ0v) is 14.7. The van der Waals surface area contributed by atoms with Gasteiger partial charge in [-0.25, -0.2) is 0 Å². The van der Waals surface area contributed by atoms with Crippen molar-refractivity contribution in [2.24, 2.45) is 0 Å². The van der Waals surface area contributed by atoms with Gasteiger partial charge in [-0.05, 0) is 49.6 Å². The molecule has 4 rings (SSSR count). The molecule has 1 amide bonds. The minimum Gasteiger partial charge on any atom is -0.346 e. The third kappa shape index (κ3) is 2.68. The fourth-order valence-electron chi connectivity index (χ4n) is 3.52. The van der Waals surface area contributed by atoms with Gasteiger partial charge in [0.1, 0.15) is 0 Å². The van der Waals surface area contributed by atoms with E-state index in [1.165, 1.54) is 0 Å². The first-order chi connectivity index (χ1) is 12.1. The molecule has 0 aliphatic heterocycles. The molecule has 1 saturated carbocycles. The molecule has 1 aromatic carbocycles. The van der Waals surface area contributed by atoms with Gasteiger partial charge in [0.2, 0.25) is 5.91 Å². The van der Waals surface area contributed by atoms with Gasteiger partial charge in [-0.2, -0.15) is 0 Å². The Morgan fingerprint density at radius 3 is 2.80 bits per heavy atom. The van der Waals surface area contributed by atoms with E-state index in [2.05, 4.69) is 15.5 Å². The van der Waals surface area contributed by atoms with E-state index in [0.717, 1.165) is 36.3 Å². The van der Waals surface area contributed by atoms with E-state index in [1.807, 2.05) is 60.0 Å². The lowest BCUT2D eigenvalue weighted by Gasteiger charge is -2.41. The van der Waals surface area contributed by atoms with Gasteiger partial charge in [0.05, 0.1) is 11.5 Å². The number of hydrogen-bond donors (Lipinski definition) is 1. The van der Waals surface area contributed by atoms with E-state index in [1.54, 1.807) is 0 Å². The Bertz CT molecular complexity index is 932. The molecule has 6 heteroatoms. The smallest absolute Gasteiger partial charge is 0.231 e. The predicted octanol–water partition coefficient (Wildman–Crippen LogP) is 3.68. The molecule has 1 aliphatic rings. The monoisotopic (exact) mass is 354 g/mol. The summed E-state index contributed by atoms with van der Waals surface area (Å²) in [4.78, 5) is 13.1. The molecule has 0 radical (unpaired) electrons. The highest BCUT2D eigenvalue weighted by molar-refractivity contribution is 6.30. The standard InChI is InChI=1S/C19H19ClN4O/c1-13(17-23-22-16-8-2-3-11-24(16)17)21-18(25)19(9-5-10-19)14-6-4-7-15(20)12-14/h2-4,6-8,11-13H,5,9-10H2,1H3,(H,21,25).